The van der Waals surface area contributed by atoms with Gasteiger partial charge in [0.1, 0.15) is 0 Å². The summed E-state index contributed by atoms with van der Waals surface area (Å²) in [5.41, 5.74) is 1.32. The van der Waals surface area contributed by atoms with Crippen LogP contribution in [0.15, 0.2) is 41.6 Å². The quantitative estimate of drug-likeness (QED) is 0.860. The number of aromatic nitrogens is 2. The fraction of sp³-hybridized carbons (Fsp3) is 0.286. The average molecular weight is 322 g/mol. The number of amides is 1. The Morgan fingerprint density at radius 1 is 1.41 bits per heavy atom. The fourth-order valence-corrected chi connectivity index (χ4v) is 2.59. The van der Waals surface area contributed by atoms with E-state index >= 15 is 0 Å². The number of benzene rings is 1. The van der Waals surface area contributed by atoms with Crippen molar-refractivity contribution < 1.29 is 13.2 Å². The number of rotatable bonds is 5. The van der Waals surface area contributed by atoms with Crippen molar-refractivity contribution >= 4 is 15.9 Å². The molecule has 0 radical (unpaired) electrons. The smallest absolute Gasteiger partial charge is 0.253 e. The van der Waals surface area contributed by atoms with Gasteiger partial charge in [0, 0.05) is 32.4 Å². The lowest BCUT2D eigenvalue weighted by Crippen LogP contribution is -2.29. The molecule has 0 aliphatic rings. The van der Waals surface area contributed by atoms with Crippen LogP contribution in [0.25, 0.3) is 0 Å². The maximum atomic E-state index is 12.3. The first kappa shape index (κ1) is 16.2. The van der Waals surface area contributed by atoms with Crippen LogP contribution in [-0.2, 0) is 23.5 Å². The third-order valence-corrected chi connectivity index (χ3v) is 4.16. The Kier molecular flexibility index (Phi) is 4.62. The molecule has 0 aliphatic carbocycles. The molecule has 1 aromatic heterocycles. The highest BCUT2D eigenvalue weighted by atomic mass is 32.2. The Labute approximate surface area is 129 Å². The van der Waals surface area contributed by atoms with Crippen molar-refractivity contribution in [3.05, 3.63) is 47.8 Å². The van der Waals surface area contributed by atoms with Crippen molar-refractivity contribution in [2.24, 2.45) is 12.2 Å². The van der Waals surface area contributed by atoms with Gasteiger partial charge in [-0.3, -0.25) is 9.48 Å². The van der Waals surface area contributed by atoms with E-state index in [1.807, 2.05) is 13.2 Å². The lowest BCUT2D eigenvalue weighted by Gasteiger charge is -2.17. The molecule has 0 bridgehead atoms. The molecular formula is C14H18N4O3S. The molecule has 8 heteroatoms. The van der Waals surface area contributed by atoms with Gasteiger partial charge in [-0.25, -0.2) is 13.6 Å². The van der Waals surface area contributed by atoms with Crippen LogP contribution >= 0.6 is 0 Å². The molecule has 118 valence electrons. The molecule has 0 unspecified atom stereocenters. The summed E-state index contributed by atoms with van der Waals surface area (Å²) in [5.74, 6) is -0.255. The van der Waals surface area contributed by atoms with Gasteiger partial charge in [-0.15, -0.1) is 0 Å². The summed E-state index contributed by atoms with van der Waals surface area (Å²) in [4.78, 5) is 13.8. The van der Waals surface area contributed by atoms with Crippen LogP contribution in [-0.4, -0.2) is 42.6 Å². The third-order valence-electron chi connectivity index (χ3n) is 3.25. The van der Waals surface area contributed by atoms with E-state index in [1.165, 1.54) is 23.1 Å². The van der Waals surface area contributed by atoms with E-state index in [9.17, 15) is 13.2 Å². The van der Waals surface area contributed by atoms with Crippen molar-refractivity contribution in [3.63, 3.8) is 0 Å². The number of aryl methyl sites for hydroxylation is 1. The summed E-state index contributed by atoms with van der Waals surface area (Å²) in [7, 11) is -0.319. The molecule has 7 nitrogen and oxygen atoms in total. The molecule has 0 saturated heterocycles. The van der Waals surface area contributed by atoms with Crippen molar-refractivity contribution in [2.75, 3.05) is 13.6 Å². The second kappa shape index (κ2) is 6.29. The number of primary sulfonamides is 1. The van der Waals surface area contributed by atoms with E-state index < -0.39 is 10.0 Å². The Morgan fingerprint density at radius 3 is 2.73 bits per heavy atom. The van der Waals surface area contributed by atoms with Crippen LogP contribution in [0.3, 0.4) is 0 Å². The first-order valence-corrected chi connectivity index (χ1v) is 8.18. The van der Waals surface area contributed by atoms with Gasteiger partial charge in [-0.2, -0.15) is 5.10 Å². The van der Waals surface area contributed by atoms with Crippen LogP contribution in [0.1, 0.15) is 15.9 Å². The third kappa shape index (κ3) is 3.92. The Morgan fingerprint density at radius 2 is 2.14 bits per heavy atom. The molecule has 0 saturated carbocycles. The van der Waals surface area contributed by atoms with E-state index in [2.05, 4.69) is 5.10 Å². The molecule has 0 spiro atoms. The van der Waals surface area contributed by atoms with Crippen molar-refractivity contribution in [1.82, 2.24) is 14.7 Å². The van der Waals surface area contributed by atoms with Gasteiger partial charge in [0.2, 0.25) is 10.0 Å². The number of hydrogen-bond donors (Lipinski definition) is 1. The second-order valence-corrected chi connectivity index (χ2v) is 6.63. The Balaban J connectivity index is 2.07. The second-order valence-electron chi connectivity index (χ2n) is 5.07. The molecule has 2 aromatic rings. The normalized spacial score (nSPS) is 11.4. The van der Waals surface area contributed by atoms with Gasteiger partial charge in [0.05, 0.1) is 11.1 Å². The molecule has 22 heavy (non-hydrogen) atoms. The number of nitrogens with zero attached hydrogens (tertiary/aromatic N) is 3. The zero-order valence-electron chi connectivity index (χ0n) is 12.4. The number of carbonyl (C=O) groups is 1. The van der Waals surface area contributed by atoms with E-state index in [1.54, 1.807) is 24.0 Å². The van der Waals surface area contributed by atoms with Gasteiger partial charge in [-0.1, -0.05) is 6.07 Å². The lowest BCUT2D eigenvalue weighted by atomic mass is 10.2. The molecule has 0 aliphatic heterocycles. The average Bonchev–Trinajstić information content (AvgIpc) is 2.89. The summed E-state index contributed by atoms with van der Waals surface area (Å²) >= 11 is 0. The predicted octanol–water partition coefficient (Wildman–Crippen LogP) is 0.382. The van der Waals surface area contributed by atoms with Crippen LogP contribution in [0.5, 0.6) is 0 Å². The zero-order chi connectivity index (χ0) is 16.3. The van der Waals surface area contributed by atoms with Gasteiger partial charge >= 0.3 is 0 Å². The van der Waals surface area contributed by atoms with Crippen LogP contribution in [0.2, 0.25) is 0 Å². The maximum absolute atomic E-state index is 12.3. The topological polar surface area (TPSA) is 98.3 Å². The highest BCUT2D eigenvalue weighted by molar-refractivity contribution is 7.89. The van der Waals surface area contributed by atoms with E-state index in [-0.39, 0.29) is 10.8 Å². The molecule has 1 heterocycles. The summed E-state index contributed by atoms with van der Waals surface area (Å²) in [6, 6.07) is 5.72. The van der Waals surface area contributed by atoms with E-state index in [0.29, 0.717) is 18.5 Å². The SMILES string of the molecule is CN(CCc1cnn(C)c1)C(=O)c1cccc(S(N)(=O)=O)c1. The number of hydrogen-bond acceptors (Lipinski definition) is 4. The van der Waals surface area contributed by atoms with Crippen molar-refractivity contribution in [3.8, 4) is 0 Å². The van der Waals surface area contributed by atoms with Gasteiger partial charge in [0.15, 0.2) is 0 Å². The summed E-state index contributed by atoms with van der Waals surface area (Å²) in [6.07, 6.45) is 4.31. The minimum absolute atomic E-state index is 0.0704. The fourth-order valence-electron chi connectivity index (χ4n) is 2.03. The monoisotopic (exact) mass is 322 g/mol. The minimum atomic E-state index is -3.82. The molecular weight excluding hydrogens is 304 g/mol. The van der Waals surface area contributed by atoms with Crippen LogP contribution < -0.4 is 5.14 Å². The molecule has 1 aromatic carbocycles. The Hall–Kier alpha value is -2.19. The van der Waals surface area contributed by atoms with Crippen LogP contribution in [0, 0.1) is 0 Å². The number of carbonyl (C=O) groups excluding carboxylic acids is 1. The zero-order valence-corrected chi connectivity index (χ0v) is 13.2. The van der Waals surface area contributed by atoms with Crippen molar-refractivity contribution in [2.45, 2.75) is 11.3 Å². The van der Waals surface area contributed by atoms with Crippen molar-refractivity contribution in [1.29, 1.82) is 0 Å². The summed E-state index contributed by atoms with van der Waals surface area (Å²) in [6.45, 7) is 0.504. The van der Waals surface area contributed by atoms with Gasteiger partial charge < -0.3 is 4.90 Å². The van der Waals surface area contributed by atoms with Gasteiger partial charge in [0.25, 0.3) is 5.91 Å². The molecule has 0 fully saturated rings. The minimum Gasteiger partial charge on any atom is -0.341 e. The molecule has 0 atom stereocenters. The standard InChI is InChI=1S/C14H18N4O3S/c1-17(7-6-11-9-16-18(2)10-11)14(19)12-4-3-5-13(8-12)22(15,20)21/h3-5,8-10H,6-7H2,1-2H3,(H2,15,20,21). The van der Waals surface area contributed by atoms with Gasteiger partial charge in [-0.05, 0) is 30.2 Å². The highest BCUT2D eigenvalue weighted by Gasteiger charge is 2.15. The molecule has 2 rings (SSSR count). The van der Waals surface area contributed by atoms with Crippen LogP contribution in [0.4, 0.5) is 0 Å². The first-order chi connectivity index (χ1) is 10.3. The summed E-state index contributed by atoms with van der Waals surface area (Å²) in [5, 5.41) is 9.15. The molecule has 2 N–H and O–H groups in total. The largest absolute Gasteiger partial charge is 0.341 e. The summed E-state index contributed by atoms with van der Waals surface area (Å²) < 4.78 is 24.4. The Bertz CT molecular complexity index is 783. The number of sulfonamides is 1. The number of nitrogens with two attached hydrogens (primary N) is 1. The molecule has 1 amide bonds. The first-order valence-electron chi connectivity index (χ1n) is 6.63. The van der Waals surface area contributed by atoms with E-state index in [4.69, 9.17) is 5.14 Å². The highest BCUT2D eigenvalue weighted by Crippen LogP contribution is 2.12. The lowest BCUT2D eigenvalue weighted by molar-refractivity contribution is 0.0796. The number of likely N-dealkylation sites (N-methyl/N-ethyl adjacent to an activating group) is 1. The van der Waals surface area contributed by atoms with E-state index in [0.717, 1.165) is 5.56 Å². The predicted molar refractivity (Wildman–Crippen MR) is 81.7 cm³/mol. The maximum Gasteiger partial charge on any atom is 0.253 e.